The summed E-state index contributed by atoms with van der Waals surface area (Å²) in [5.41, 5.74) is 2.61. The number of hydrogen-bond acceptors (Lipinski definition) is 5. The molecule has 0 radical (unpaired) electrons. The van der Waals surface area contributed by atoms with Gasteiger partial charge in [0.25, 0.3) is 11.7 Å². The van der Waals surface area contributed by atoms with E-state index in [-0.39, 0.29) is 17.4 Å². The van der Waals surface area contributed by atoms with Crippen LogP contribution in [0.25, 0.3) is 5.76 Å². The van der Waals surface area contributed by atoms with Crippen LogP contribution in [0.4, 0.5) is 11.4 Å². The Morgan fingerprint density at radius 3 is 2.09 bits per heavy atom. The molecule has 3 aromatic carbocycles. The van der Waals surface area contributed by atoms with Gasteiger partial charge in [0.05, 0.1) is 17.7 Å². The van der Waals surface area contributed by atoms with E-state index in [2.05, 4.69) is 0 Å². The fourth-order valence-electron chi connectivity index (χ4n) is 4.09. The van der Waals surface area contributed by atoms with Crippen LogP contribution in [0.1, 0.15) is 31.0 Å². The van der Waals surface area contributed by atoms with Gasteiger partial charge in [-0.1, -0.05) is 23.7 Å². The normalized spacial score (nSPS) is 17.2. The van der Waals surface area contributed by atoms with Crippen LogP contribution in [0.5, 0.6) is 5.75 Å². The number of hydrogen-bond donors (Lipinski definition) is 1. The summed E-state index contributed by atoms with van der Waals surface area (Å²) in [5.74, 6) is -1.03. The van der Waals surface area contributed by atoms with Crippen LogP contribution < -0.4 is 14.5 Å². The van der Waals surface area contributed by atoms with Gasteiger partial charge < -0.3 is 14.7 Å². The van der Waals surface area contributed by atoms with E-state index in [0.29, 0.717) is 27.6 Å². The molecule has 0 aliphatic carbocycles. The van der Waals surface area contributed by atoms with Crippen LogP contribution in [0.3, 0.4) is 0 Å². The Bertz CT molecular complexity index is 1260. The molecule has 1 atom stereocenters. The molecule has 1 aliphatic heterocycles. The maximum atomic E-state index is 13.3. The summed E-state index contributed by atoms with van der Waals surface area (Å²) in [6, 6.07) is 20.2. The molecule has 3 aromatic rings. The quantitative estimate of drug-likeness (QED) is 0.268. The van der Waals surface area contributed by atoms with Crippen molar-refractivity contribution in [1.82, 2.24) is 0 Å². The first-order valence-corrected chi connectivity index (χ1v) is 11.7. The number of aliphatic hydroxyl groups excluding tert-OH is 1. The van der Waals surface area contributed by atoms with E-state index >= 15 is 0 Å². The smallest absolute Gasteiger partial charge is 0.300 e. The second-order valence-corrected chi connectivity index (χ2v) is 9.26. The molecule has 1 fully saturated rings. The van der Waals surface area contributed by atoms with Crippen LogP contribution in [0.15, 0.2) is 78.4 Å². The summed E-state index contributed by atoms with van der Waals surface area (Å²) in [6.45, 7) is 3.87. The van der Waals surface area contributed by atoms with Crippen molar-refractivity contribution in [3.8, 4) is 5.75 Å². The molecule has 1 amide bonds. The number of nitrogens with zero attached hydrogens (tertiary/aromatic N) is 2. The first-order chi connectivity index (χ1) is 16.7. The standard InChI is InChI=1S/C28H27ClN2O4/c1-17(2)35-23-15-7-18(8-16-23)25-24(26(32)19-5-9-20(29)10-6-19)27(33)28(34)31(25)22-13-11-21(12-14-22)30(3)4/h5-17,25,32H,1-4H3/b26-24+. The largest absolute Gasteiger partial charge is 0.507 e. The highest BCUT2D eigenvalue weighted by molar-refractivity contribution is 6.51. The summed E-state index contributed by atoms with van der Waals surface area (Å²) >= 11 is 6.00. The van der Waals surface area contributed by atoms with E-state index in [1.54, 1.807) is 48.5 Å². The van der Waals surface area contributed by atoms with Crippen molar-refractivity contribution in [2.24, 2.45) is 0 Å². The molecular weight excluding hydrogens is 464 g/mol. The van der Waals surface area contributed by atoms with Crippen molar-refractivity contribution < 1.29 is 19.4 Å². The first kappa shape index (κ1) is 24.4. The van der Waals surface area contributed by atoms with Gasteiger partial charge in [0.2, 0.25) is 0 Å². The molecule has 1 saturated heterocycles. The second-order valence-electron chi connectivity index (χ2n) is 8.82. The number of carbonyl (C=O) groups excluding carboxylic acids is 2. The molecule has 6 nitrogen and oxygen atoms in total. The number of amides is 1. The molecule has 180 valence electrons. The zero-order valence-corrected chi connectivity index (χ0v) is 20.8. The number of ether oxygens (including phenoxy) is 1. The lowest BCUT2D eigenvalue weighted by Gasteiger charge is -2.26. The van der Waals surface area contributed by atoms with Gasteiger partial charge in [0.1, 0.15) is 11.5 Å². The lowest BCUT2D eigenvalue weighted by atomic mass is 9.95. The molecule has 35 heavy (non-hydrogen) atoms. The number of benzene rings is 3. The number of rotatable bonds is 6. The van der Waals surface area contributed by atoms with Crippen molar-refractivity contribution >= 4 is 40.4 Å². The van der Waals surface area contributed by atoms with E-state index in [0.717, 1.165) is 5.69 Å². The monoisotopic (exact) mass is 490 g/mol. The van der Waals surface area contributed by atoms with Gasteiger partial charge in [0.15, 0.2) is 0 Å². The number of ketones is 1. The Hall–Kier alpha value is -3.77. The topological polar surface area (TPSA) is 70.1 Å². The fraction of sp³-hybridized carbons (Fsp3) is 0.214. The Morgan fingerprint density at radius 2 is 1.54 bits per heavy atom. The molecule has 0 spiro atoms. The molecular formula is C28H27ClN2O4. The lowest BCUT2D eigenvalue weighted by Crippen LogP contribution is -2.29. The second kappa shape index (κ2) is 9.84. The molecule has 1 unspecified atom stereocenters. The number of Topliss-reactive ketones (excluding diaryl/α,β-unsaturated/α-hetero) is 1. The molecule has 7 heteroatoms. The van der Waals surface area contributed by atoms with Crippen molar-refractivity contribution in [3.63, 3.8) is 0 Å². The van der Waals surface area contributed by atoms with E-state index in [4.69, 9.17) is 16.3 Å². The maximum Gasteiger partial charge on any atom is 0.300 e. The number of halogens is 1. The van der Waals surface area contributed by atoms with E-state index < -0.39 is 17.7 Å². The number of carbonyl (C=O) groups is 2. The average Bonchev–Trinajstić information content (AvgIpc) is 3.09. The molecule has 1 heterocycles. The van der Waals surface area contributed by atoms with Gasteiger partial charge >= 0.3 is 0 Å². The fourth-order valence-corrected chi connectivity index (χ4v) is 4.22. The van der Waals surface area contributed by atoms with Crippen LogP contribution in [-0.2, 0) is 9.59 Å². The van der Waals surface area contributed by atoms with Gasteiger partial charge in [-0.3, -0.25) is 14.5 Å². The Kier molecular flexibility index (Phi) is 6.85. The van der Waals surface area contributed by atoms with Crippen LogP contribution >= 0.6 is 11.6 Å². The van der Waals surface area contributed by atoms with E-state index in [9.17, 15) is 14.7 Å². The van der Waals surface area contributed by atoms with E-state index in [1.807, 2.05) is 57.1 Å². The number of aliphatic hydroxyl groups is 1. The van der Waals surface area contributed by atoms with Crippen LogP contribution in [-0.4, -0.2) is 37.0 Å². The van der Waals surface area contributed by atoms with Gasteiger partial charge in [-0.15, -0.1) is 0 Å². The summed E-state index contributed by atoms with van der Waals surface area (Å²) < 4.78 is 5.75. The highest BCUT2D eigenvalue weighted by Crippen LogP contribution is 2.42. The minimum atomic E-state index is -0.816. The zero-order chi connectivity index (χ0) is 25.3. The molecule has 1 N–H and O–H groups in total. The highest BCUT2D eigenvalue weighted by Gasteiger charge is 2.47. The van der Waals surface area contributed by atoms with Gasteiger partial charge in [0, 0.05) is 36.1 Å². The number of anilines is 2. The van der Waals surface area contributed by atoms with E-state index in [1.165, 1.54) is 4.90 Å². The van der Waals surface area contributed by atoms with Crippen molar-refractivity contribution in [2.45, 2.75) is 26.0 Å². The molecule has 0 bridgehead atoms. The highest BCUT2D eigenvalue weighted by atomic mass is 35.5. The summed E-state index contributed by atoms with van der Waals surface area (Å²) in [6.07, 6.45) is 0.00611. The Labute approximate surface area is 210 Å². The van der Waals surface area contributed by atoms with Crippen molar-refractivity contribution in [3.05, 3.63) is 94.5 Å². The third kappa shape index (κ3) is 4.88. The molecule has 0 aromatic heterocycles. The first-order valence-electron chi connectivity index (χ1n) is 11.3. The molecule has 4 rings (SSSR count). The predicted molar refractivity (Wildman–Crippen MR) is 139 cm³/mol. The minimum Gasteiger partial charge on any atom is -0.507 e. The predicted octanol–water partition coefficient (Wildman–Crippen LogP) is 5.82. The third-order valence-corrected chi connectivity index (χ3v) is 6.03. The summed E-state index contributed by atoms with van der Waals surface area (Å²) in [5, 5.41) is 11.7. The van der Waals surface area contributed by atoms with Gasteiger partial charge in [-0.05, 0) is 80.1 Å². The Balaban J connectivity index is 1.86. The molecule has 1 aliphatic rings. The summed E-state index contributed by atoms with van der Waals surface area (Å²) in [7, 11) is 3.85. The van der Waals surface area contributed by atoms with Gasteiger partial charge in [-0.2, -0.15) is 0 Å². The van der Waals surface area contributed by atoms with Gasteiger partial charge in [-0.25, -0.2) is 0 Å². The zero-order valence-electron chi connectivity index (χ0n) is 20.0. The molecule has 0 saturated carbocycles. The Morgan fingerprint density at radius 1 is 0.943 bits per heavy atom. The lowest BCUT2D eigenvalue weighted by molar-refractivity contribution is -0.132. The third-order valence-electron chi connectivity index (χ3n) is 5.77. The van der Waals surface area contributed by atoms with Crippen molar-refractivity contribution in [2.75, 3.05) is 23.9 Å². The maximum absolute atomic E-state index is 13.3. The average molecular weight is 491 g/mol. The summed E-state index contributed by atoms with van der Waals surface area (Å²) in [4.78, 5) is 29.9. The SMILES string of the molecule is CC(C)Oc1ccc(C2/C(=C(\O)c3ccc(Cl)cc3)C(=O)C(=O)N2c2ccc(N(C)C)cc2)cc1. The van der Waals surface area contributed by atoms with Crippen LogP contribution in [0, 0.1) is 0 Å². The van der Waals surface area contributed by atoms with Crippen LogP contribution in [0.2, 0.25) is 5.02 Å². The van der Waals surface area contributed by atoms with Crippen molar-refractivity contribution in [1.29, 1.82) is 0 Å². The minimum absolute atomic E-state index is 0.00611.